The van der Waals surface area contributed by atoms with Crippen LogP contribution in [0.4, 0.5) is 5.82 Å². The molecule has 0 spiro atoms. The molecule has 0 atom stereocenters. The molecule has 0 amide bonds. The minimum atomic E-state index is -0.0207. The number of aliphatic hydroxyl groups excluding tert-OH is 1. The van der Waals surface area contributed by atoms with Crippen LogP contribution in [0.25, 0.3) is 0 Å². The lowest BCUT2D eigenvalue weighted by molar-refractivity contribution is 0.154. The van der Waals surface area contributed by atoms with E-state index in [1.165, 1.54) is 0 Å². The van der Waals surface area contributed by atoms with E-state index in [1.807, 2.05) is 31.0 Å². The number of ether oxygens (including phenoxy) is 1. The van der Waals surface area contributed by atoms with Gasteiger partial charge in [0.15, 0.2) is 0 Å². The van der Waals surface area contributed by atoms with Crippen molar-refractivity contribution in [2.75, 3.05) is 31.7 Å². The Kier molecular flexibility index (Phi) is 5.07. The Balaban J connectivity index is 2.52. The number of rotatable bonds is 6. The van der Waals surface area contributed by atoms with E-state index < -0.39 is 0 Å². The smallest absolute Gasteiger partial charge is 0.128 e. The summed E-state index contributed by atoms with van der Waals surface area (Å²) in [6, 6.07) is 5.62. The largest absolute Gasteiger partial charge is 0.390 e. The quantitative estimate of drug-likeness (QED) is 0.713. The number of nitrogens with zero attached hydrogens (tertiary/aromatic N) is 2. The Morgan fingerprint density at radius 1 is 1.47 bits per heavy atom. The lowest BCUT2D eigenvalue weighted by Gasteiger charge is -2.18. The van der Waals surface area contributed by atoms with E-state index in [0.717, 1.165) is 19.0 Å². The van der Waals surface area contributed by atoms with Gasteiger partial charge in [0.1, 0.15) is 5.82 Å². The molecule has 1 N–H and O–H groups in total. The standard InChI is InChI=1S/C11H18N2O2/c1-3-15-8-7-13(2)11-6-4-5-10(9-14)12-11/h4-6,14H,3,7-9H2,1-2H3. The van der Waals surface area contributed by atoms with Gasteiger partial charge in [-0.3, -0.25) is 0 Å². The van der Waals surface area contributed by atoms with Crippen molar-refractivity contribution >= 4 is 5.82 Å². The van der Waals surface area contributed by atoms with E-state index in [2.05, 4.69) is 4.98 Å². The molecular formula is C11H18N2O2. The second-order valence-electron chi connectivity index (χ2n) is 3.26. The summed E-state index contributed by atoms with van der Waals surface area (Å²) in [5.41, 5.74) is 0.691. The topological polar surface area (TPSA) is 45.6 Å². The highest BCUT2D eigenvalue weighted by Crippen LogP contribution is 2.09. The van der Waals surface area contributed by atoms with Crippen molar-refractivity contribution in [1.82, 2.24) is 4.98 Å². The minimum absolute atomic E-state index is 0.0207. The Morgan fingerprint density at radius 2 is 2.27 bits per heavy atom. The Bertz CT molecular complexity index is 292. The summed E-state index contributed by atoms with van der Waals surface area (Å²) in [6.45, 7) is 4.18. The maximum atomic E-state index is 8.95. The van der Waals surface area contributed by atoms with Gasteiger partial charge in [0.05, 0.1) is 18.9 Å². The Labute approximate surface area is 90.5 Å². The SMILES string of the molecule is CCOCCN(C)c1cccc(CO)n1. The first kappa shape index (κ1) is 11.9. The first-order valence-corrected chi connectivity index (χ1v) is 5.13. The number of anilines is 1. The van der Waals surface area contributed by atoms with Crippen LogP contribution < -0.4 is 4.90 Å². The molecule has 1 aromatic heterocycles. The fraction of sp³-hybridized carbons (Fsp3) is 0.545. The maximum absolute atomic E-state index is 8.95. The van der Waals surface area contributed by atoms with Crippen LogP contribution in [0.1, 0.15) is 12.6 Å². The Morgan fingerprint density at radius 3 is 2.93 bits per heavy atom. The number of aliphatic hydroxyl groups is 1. The summed E-state index contributed by atoms with van der Waals surface area (Å²) in [4.78, 5) is 6.30. The van der Waals surface area contributed by atoms with Gasteiger partial charge in [-0.05, 0) is 19.1 Å². The molecule has 0 aliphatic heterocycles. The average Bonchev–Trinajstić information content (AvgIpc) is 2.29. The van der Waals surface area contributed by atoms with Gasteiger partial charge in [-0.1, -0.05) is 6.07 Å². The number of hydrogen-bond acceptors (Lipinski definition) is 4. The predicted octanol–water partition coefficient (Wildman–Crippen LogP) is 1.05. The van der Waals surface area contributed by atoms with Crippen molar-refractivity contribution in [3.63, 3.8) is 0 Å². The number of pyridine rings is 1. The van der Waals surface area contributed by atoms with E-state index in [-0.39, 0.29) is 6.61 Å². The third-order valence-corrected chi connectivity index (χ3v) is 2.12. The van der Waals surface area contributed by atoms with Crippen LogP contribution in [0.15, 0.2) is 18.2 Å². The van der Waals surface area contributed by atoms with Gasteiger partial charge in [-0.15, -0.1) is 0 Å². The maximum Gasteiger partial charge on any atom is 0.128 e. The fourth-order valence-electron chi connectivity index (χ4n) is 1.23. The van der Waals surface area contributed by atoms with Gasteiger partial charge in [-0.2, -0.15) is 0 Å². The molecule has 15 heavy (non-hydrogen) atoms. The second kappa shape index (κ2) is 6.37. The molecule has 4 heteroatoms. The second-order valence-corrected chi connectivity index (χ2v) is 3.26. The molecule has 0 aliphatic carbocycles. The highest BCUT2D eigenvalue weighted by Gasteiger charge is 2.02. The van der Waals surface area contributed by atoms with Gasteiger partial charge in [0.25, 0.3) is 0 Å². The van der Waals surface area contributed by atoms with E-state index >= 15 is 0 Å². The van der Waals surface area contributed by atoms with E-state index in [1.54, 1.807) is 6.07 Å². The van der Waals surface area contributed by atoms with Gasteiger partial charge in [-0.25, -0.2) is 4.98 Å². The van der Waals surface area contributed by atoms with E-state index in [0.29, 0.717) is 12.3 Å². The van der Waals surface area contributed by atoms with E-state index in [9.17, 15) is 0 Å². The molecule has 1 rings (SSSR count). The first-order chi connectivity index (χ1) is 7.27. The summed E-state index contributed by atoms with van der Waals surface area (Å²) in [7, 11) is 1.96. The molecule has 0 aliphatic rings. The number of hydrogen-bond donors (Lipinski definition) is 1. The number of likely N-dealkylation sites (N-methyl/N-ethyl adjacent to an activating group) is 1. The lowest BCUT2D eigenvalue weighted by atomic mass is 10.3. The molecular weight excluding hydrogens is 192 g/mol. The zero-order valence-electron chi connectivity index (χ0n) is 9.31. The molecule has 0 unspecified atom stereocenters. The van der Waals surface area contributed by atoms with Crippen molar-refractivity contribution in [3.8, 4) is 0 Å². The average molecular weight is 210 g/mol. The summed E-state index contributed by atoms with van der Waals surface area (Å²) < 4.78 is 5.26. The van der Waals surface area contributed by atoms with Crippen molar-refractivity contribution in [1.29, 1.82) is 0 Å². The van der Waals surface area contributed by atoms with Crippen molar-refractivity contribution in [3.05, 3.63) is 23.9 Å². The summed E-state index contributed by atoms with van der Waals surface area (Å²) >= 11 is 0. The third kappa shape index (κ3) is 3.85. The van der Waals surface area contributed by atoms with Crippen LogP contribution in [0.5, 0.6) is 0 Å². The van der Waals surface area contributed by atoms with Crippen LogP contribution in [0, 0.1) is 0 Å². The van der Waals surface area contributed by atoms with Crippen molar-refractivity contribution in [2.24, 2.45) is 0 Å². The third-order valence-electron chi connectivity index (χ3n) is 2.12. The van der Waals surface area contributed by atoms with Crippen LogP contribution in [0.2, 0.25) is 0 Å². The van der Waals surface area contributed by atoms with Gasteiger partial charge in [0, 0.05) is 20.2 Å². The monoisotopic (exact) mass is 210 g/mol. The zero-order valence-corrected chi connectivity index (χ0v) is 9.31. The predicted molar refractivity (Wildman–Crippen MR) is 59.9 cm³/mol. The minimum Gasteiger partial charge on any atom is -0.390 e. The Hall–Kier alpha value is -1.13. The molecule has 0 bridgehead atoms. The molecule has 1 heterocycles. The zero-order chi connectivity index (χ0) is 11.1. The normalized spacial score (nSPS) is 10.3. The molecule has 0 aromatic carbocycles. The molecule has 84 valence electrons. The summed E-state index contributed by atoms with van der Waals surface area (Å²) in [6.07, 6.45) is 0. The number of aromatic nitrogens is 1. The molecule has 0 saturated heterocycles. The van der Waals surface area contributed by atoms with Crippen LogP contribution >= 0.6 is 0 Å². The van der Waals surface area contributed by atoms with Gasteiger partial charge in [0.2, 0.25) is 0 Å². The highest BCUT2D eigenvalue weighted by molar-refractivity contribution is 5.37. The first-order valence-electron chi connectivity index (χ1n) is 5.13. The molecule has 4 nitrogen and oxygen atoms in total. The van der Waals surface area contributed by atoms with Crippen molar-refractivity contribution in [2.45, 2.75) is 13.5 Å². The van der Waals surface area contributed by atoms with Gasteiger partial charge >= 0.3 is 0 Å². The van der Waals surface area contributed by atoms with Crippen LogP contribution in [-0.2, 0) is 11.3 Å². The van der Waals surface area contributed by atoms with Crippen molar-refractivity contribution < 1.29 is 9.84 Å². The molecule has 1 aromatic rings. The van der Waals surface area contributed by atoms with Gasteiger partial charge < -0.3 is 14.7 Å². The molecule has 0 radical (unpaired) electrons. The van der Waals surface area contributed by atoms with Crippen LogP contribution in [0.3, 0.4) is 0 Å². The lowest BCUT2D eigenvalue weighted by Crippen LogP contribution is -2.23. The highest BCUT2D eigenvalue weighted by atomic mass is 16.5. The fourth-order valence-corrected chi connectivity index (χ4v) is 1.23. The molecule has 0 saturated carbocycles. The van der Waals surface area contributed by atoms with E-state index in [4.69, 9.17) is 9.84 Å². The summed E-state index contributed by atoms with van der Waals surface area (Å²) in [5.74, 6) is 0.862. The summed E-state index contributed by atoms with van der Waals surface area (Å²) in [5, 5.41) is 8.95. The molecule has 0 fully saturated rings. The van der Waals surface area contributed by atoms with Crippen LogP contribution in [-0.4, -0.2) is 36.9 Å².